The summed E-state index contributed by atoms with van der Waals surface area (Å²) in [5.41, 5.74) is 1.04. The van der Waals surface area contributed by atoms with Gasteiger partial charge in [-0.05, 0) is 24.1 Å². The second-order valence-electron chi connectivity index (χ2n) is 3.55. The second kappa shape index (κ2) is 5.34. The Labute approximate surface area is 108 Å². The Morgan fingerprint density at radius 2 is 2.29 bits per heavy atom. The molecule has 0 unspecified atom stereocenters. The number of alkyl halides is 1. The van der Waals surface area contributed by atoms with Crippen LogP contribution in [0.3, 0.4) is 0 Å². The minimum atomic E-state index is -0.873. The van der Waals surface area contributed by atoms with E-state index in [-0.39, 0.29) is 0 Å². The van der Waals surface area contributed by atoms with E-state index < -0.39 is 5.97 Å². The molecule has 88 valence electrons. The van der Waals surface area contributed by atoms with Crippen molar-refractivity contribution in [1.29, 1.82) is 0 Å². The lowest BCUT2D eigenvalue weighted by Crippen LogP contribution is -1.89. The lowest BCUT2D eigenvalue weighted by Gasteiger charge is -1.95. The highest BCUT2D eigenvalue weighted by atomic mass is 35.5. The number of carbonyl (C=O) groups is 1. The monoisotopic (exact) mass is 266 g/mol. The largest absolute Gasteiger partial charge is 0.477 e. The lowest BCUT2D eigenvalue weighted by molar-refractivity contribution is 0.0702. The molecule has 17 heavy (non-hydrogen) atoms. The molecule has 2 aromatic rings. The Morgan fingerprint density at radius 1 is 1.47 bits per heavy atom. The van der Waals surface area contributed by atoms with Crippen molar-refractivity contribution in [2.75, 3.05) is 5.88 Å². The Kier molecular flexibility index (Phi) is 3.82. The molecule has 0 atom stereocenters. The molecule has 0 saturated carbocycles. The van der Waals surface area contributed by atoms with Crippen LogP contribution >= 0.6 is 22.9 Å². The van der Waals surface area contributed by atoms with E-state index in [9.17, 15) is 4.79 Å². The molecular formula is C13H11ClO2S. The van der Waals surface area contributed by atoms with Gasteiger partial charge >= 0.3 is 5.97 Å². The average molecular weight is 267 g/mol. The van der Waals surface area contributed by atoms with Crippen molar-refractivity contribution in [3.8, 4) is 0 Å². The molecule has 4 heteroatoms. The molecule has 1 heterocycles. The van der Waals surface area contributed by atoms with Crippen LogP contribution in [0.25, 0.3) is 16.2 Å². The lowest BCUT2D eigenvalue weighted by atomic mass is 10.1. The number of halogens is 1. The quantitative estimate of drug-likeness (QED) is 0.841. The van der Waals surface area contributed by atoms with Crippen molar-refractivity contribution < 1.29 is 9.90 Å². The highest BCUT2D eigenvalue weighted by Gasteiger charge is 2.09. The fourth-order valence-electron chi connectivity index (χ4n) is 1.61. The molecule has 0 radical (unpaired) electrons. The number of carboxylic acids is 1. The van der Waals surface area contributed by atoms with E-state index in [1.807, 2.05) is 30.4 Å². The fourth-order valence-corrected chi connectivity index (χ4v) is 2.67. The van der Waals surface area contributed by atoms with Crippen molar-refractivity contribution in [3.63, 3.8) is 0 Å². The molecule has 0 bridgehead atoms. The molecule has 1 N–H and O–H groups in total. The summed E-state index contributed by atoms with van der Waals surface area (Å²) in [5, 5.41) is 9.95. The first-order valence-electron chi connectivity index (χ1n) is 5.20. The summed E-state index contributed by atoms with van der Waals surface area (Å²) in [6.07, 6.45) is 4.80. The summed E-state index contributed by atoms with van der Waals surface area (Å²) >= 11 is 6.90. The van der Waals surface area contributed by atoms with Gasteiger partial charge in [0.15, 0.2) is 0 Å². The third-order valence-electron chi connectivity index (χ3n) is 2.38. The number of thiophene rings is 1. The number of fused-ring (bicyclic) bond motifs is 1. The predicted octanol–water partition coefficient (Wildman–Crippen LogP) is 4.24. The summed E-state index contributed by atoms with van der Waals surface area (Å²) < 4.78 is 0.996. The van der Waals surface area contributed by atoms with Gasteiger partial charge in [0.1, 0.15) is 4.88 Å². The van der Waals surface area contributed by atoms with Crippen LogP contribution in [0.15, 0.2) is 30.3 Å². The van der Waals surface area contributed by atoms with E-state index in [0.717, 1.165) is 22.1 Å². The maximum absolute atomic E-state index is 10.9. The van der Waals surface area contributed by atoms with E-state index in [1.165, 1.54) is 11.3 Å². The van der Waals surface area contributed by atoms with Crippen LogP contribution in [0.4, 0.5) is 0 Å². The molecule has 0 aliphatic rings. The van der Waals surface area contributed by atoms with Gasteiger partial charge in [-0.15, -0.1) is 22.9 Å². The Balaban J connectivity index is 2.45. The maximum atomic E-state index is 10.9. The summed E-state index contributed by atoms with van der Waals surface area (Å²) in [6, 6.07) is 7.57. The van der Waals surface area contributed by atoms with Gasteiger partial charge in [-0.1, -0.05) is 24.3 Å². The zero-order valence-corrected chi connectivity index (χ0v) is 10.6. The van der Waals surface area contributed by atoms with Crippen LogP contribution in [0.2, 0.25) is 0 Å². The van der Waals surface area contributed by atoms with Gasteiger partial charge in [-0.3, -0.25) is 0 Å². The van der Waals surface area contributed by atoms with Gasteiger partial charge in [0.25, 0.3) is 0 Å². The van der Waals surface area contributed by atoms with Crippen molar-refractivity contribution in [2.24, 2.45) is 0 Å². The molecule has 1 aromatic heterocycles. The first-order valence-corrected chi connectivity index (χ1v) is 6.56. The molecule has 2 nitrogen and oxygen atoms in total. The molecule has 0 aliphatic carbocycles. The highest BCUT2D eigenvalue weighted by Crippen LogP contribution is 2.29. The van der Waals surface area contributed by atoms with Gasteiger partial charge in [0.2, 0.25) is 0 Å². The van der Waals surface area contributed by atoms with E-state index in [0.29, 0.717) is 10.8 Å². The van der Waals surface area contributed by atoms with Crippen molar-refractivity contribution in [3.05, 3.63) is 40.8 Å². The average Bonchev–Trinajstić information content (AvgIpc) is 2.74. The standard InChI is InChI=1S/C13H11ClO2S/c14-7-2-1-4-9-5-3-6-11-10(9)8-12(17-11)13(15)16/h1,3-6,8H,2,7H2,(H,15,16). The number of benzene rings is 1. The number of aromatic carboxylic acids is 1. The molecule has 0 saturated heterocycles. The van der Waals surface area contributed by atoms with Gasteiger partial charge < -0.3 is 5.11 Å². The first-order chi connectivity index (χ1) is 8.22. The summed E-state index contributed by atoms with van der Waals surface area (Å²) in [4.78, 5) is 11.3. The molecule has 0 amide bonds. The summed E-state index contributed by atoms with van der Waals surface area (Å²) in [7, 11) is 0. The second-order valence-corrected chi connectivity index (χ2v) is 5.02. The van der Waals surface area contributed by atoms with Crippen molar-refractivity contribution in [1.82, 2.24) is 0 Å². The van der Waals surface area contributed by atoms with Crippen LogP contribution in [0, 0.1) is 0 Å². The van der Waals surface area contributed by atoms with Crippen LogP contribution in [0.5, 0.6) is 0 Å². The maximum Gasteiger partial charge on any atom is 0.345 e. The Morgan fingerprint density at radius 3 is 3.00 bits per heavy atom. The molecular weight excluding hydrogens is 256 g/mol. The van der Waals surface area contributed by atoms with Crippen molar-refractivity contribution in [2.45, 2.75) is 6.42 Å². The third kappa shape index (κ3) is 2.68. The van der Waals surface area contributed by atoms with E-state index >= 15 is 0 Å². The van der Waals surface area contributed by atoms with Gasteiger partial charge in [0, 0.05) is 16.0 Å². The Hall–Kier alpha value is -1.32. The fraction of sp³-hybridized carbons (Fsp3) is 0.154. The van der Waals surface area contributed by atoms with Crippen molar-refractivity contribution >= 4 is 45.1 Å². The topological polar surface area (TPSA) is 37.3 Å². The predicted molar refractivity (Wildman–Crippen MR) is 73.2 cm³/mol. The number of allylic oxidation sites excluding steroid dienone is 1. The number of carboxylic acid groups (broad SMARTS) is 1. The smallest absolute Gasteiger partial charge is 0.345 e. The van der Waals surface area contributed by atoms with Crippen LogP contribution in [-0.4, -0.2) is 17.0 Å². The zero-order chi connectivity index (χ0) is 12.3. The number of hydrogen-bond acceptors (Lipinski definition) is 2. The molecule has 0 spiro atoms. The number of hydrogen-bond donors (Lipinski definition) is 1. The minimum absolute atomic E-state index is 0.373. The van der Waals surface area contributed by atoms with E-state index in [2.05, 4.69) is 0 Å². The van der Waals surface area contributed by atoms with Gasteiger partial charge in [-0.2, -0.15) is 0 Å². The molecule has 0 fully saturated rings. The molecule has 0 aliphatic heterocycles. The summed E-state index contributed by atoms with van der Waals surface area (Å²) in [5.74, 6) is -0.280. The molecule has 1 aromatic carbocycles. The highest BCUT2D eigenvalue weighted by molar-refractivity contribution is 7.20. The minimum Gasteiger partial charge on any atom is -0.477 e. The van der Waals surface area contributed by atoms with Crippen LogP contribution in [-0.2, 0) is 0 Å². The van der Waals surface area contributed by atoms with Gasteiger partial charge in [-0.25, -0.2) is 4.79 Å². The van der Waals surface area contributed by atoms with Gasteiger partial charge in [0.05, 0.1) is 0 Å². The van der Waals surface area contributed by atoms with Crippen LogP contribution in [0.1, 0.15) is 21.7 Å². The number of rotatable bonds is 4. The van der Waals surface area contributed by atoms with E-state index in [1.54, 1.807) is 6.07 Å². The molecule has 2 rings (SSSR count). The SMILES string of the molecule is O=C(O)c1cc2c(C=CCCCl)cccc2s1. The third-order valence-corrected chi connectivity index (χ3v) is 3.69. The first kappa shape index (κ1) is 12.1. The van der Waals surface area contributed by atoms with Crippen LogP contribution < -0.4 is 0 Å². The normalized spacial score (nSPS) is 11.4. The zero-order valence-electron chi connectivity index (χ0n) is 9.02. The van der Waals surface area contributed by atoms with E-state index in [4.69, 9.17) is 16.7 Å². The summed E-state index contributed by atoms with van der Waals surface area (Å²) in [6.45, 7) is 0. The Bertz CT molecular complexity index is 572.